The Labute approximate surface area is 124 Å². The van der Waals surface area contributed by atoms with Crippen molar-refractivity contribution >= 4 is 34.2 Å². The molecule has 0 atom stereocenters. The molecule has 0 saturated carbocycles. The fourth-order valence-corrected chi connectivity index (χ4v) is 2.14. The van der Waals surface area contributed by atoms with E-state index in [0.717, 1.165) is 15.8 Å². The molecule has 0 fully saturated rings. The third-order valence-electron chi connectivity index (χ3n) is 2.39. The molecule has 2 aromatic rings. The zero-order chi connectivity index (χ0) is 13.1. The van der Waals surface area contributed by atoms with E-state index >= 15 is 0 Å². The lowest BCUT2D eigenvalue weighted by Crippen LogP contribution is -1.97. The fraction of sp³-hybridized carbons (Fsp3) is 0.182. The van der Waals surface area contributed by atoms with Gasteiger partial charge in [0.15, 0.2) is 0 Å². The molecule has 1 aromatic carbocycles. The summed E-state index contributed by atoms with van der Waals surface area (Å²) in [6.07, 6.45) is 2.84. The van der Waals surface area contributed by atoms with Crippen LogP contribution >= 0.6 is 28.3 Å². The topological polar surface area (TPSA) is 70.2 Å². The molecule has 0 saturated heterocycles. The van der Waals surface area contributed by atoms with Gasteiger partial charge in [0.05, 0.1) is 18.1 Å². The Morgan fingerprint density at radius 2 is 2.26 bits per heavy atom. The second-order valence-corrected chi connectivity index (χ2v) is 4.48. The Hall–Kier alpha value is -1.60. The summed E-state index contributed by atoms with van der Waals surface area (Å²) in [5.41, 5.74) is 0.995. The lowest BCUT2D eigenvalue weighted by molar-refractivity contribution is -0.389. The van der Waals surface area contributed by atoms with Gasteiger partial charge in [-0.15, -0.1) is 12.4 Å². The Morgan fingerprint density at radius 1 is 1.53 bits per heavy atom. The van der Waals surface area contributed by atoms with Crippen molar-refractivity contribution in [1.82, 2.24) is 9.55 Å². The van der Waals surface area contributed by atoms with Gasteiger partial charge in [-0.1, -0.05) is 6.07 Å². The van der Waals surface area contributed by atoms with E-state index in [2.05, 4.69) is 20.9 Å². The Balaban J connectivity index is 0.00000180. The first-order chi connectivity index (χ1) is 8.60. The first-order valence-corrected chi connectivity index (χ1v) is 5.88. The monoisotopic (exact) mass is 347 g/mol. The van der Waals surface area contributed by atoms with Crippen LogP contribution in [-0.4, -0.2) is 21.6 Å². The molecule has 0 aliphatic rings. The molecule has 0 spiro atoms. The molecule has 8 heteroatoms. The Bertz CT molecular complexity index is 588. The van der Waals surface area contributed by atoms with E-state index in [-0.39, 0.29) is 18.2 Å². The minimum Gasteiger partial charge on any atom is -0.496 e. The smallest absolute Gasteiger partial charge is 0.381 e. The average molecular weight is 349 g/mol. The van der Waals surface area contributed by atoms with Crippen molar-refractivity contribution < 1.29 is 9.66 Å². The lowest BCUT2D eigenvalue weighted by Gasteiger charge is -2.06. The van der Waals surface area contributed by atoms with Crippen molar-refractivity contribution in [1.29, 1.82) is 0 Å². The van der Waals surface area contributed by atoms with Gasteiger partial charge in [0, 0.05) is 0 Å². The number of hydrogen-bond donors (Lipinski definition) is 0. The number of rotatable bonds is 4. The van der Waals surface area contributed by atoms with E-state index in [4.69, 9.17) is 4.74 Å². The highest BCUT2D eigenvalue weighted by Crippen LogP contribution is 2.25. The average Bonchev–Trinajstić information content (AvgIpc) is 2.78. The van der Waals surface area contributed by atoms with Crippen LogP contribution in [0, 0.1) is 10.1 Å². The Kier molecular flexibility index (Phi) is 5.31. The number of halogens is 2. The summed E-state index contributed by atoms with van der Waals surface area (Å²) in [6, 6.07) is 5.64. The number of nitro groups is 1. The second kappa shape index (κ2) is 6.53. The van der Waals surface area contributed by atoms with E-state index in [0.29, 0.717) is 6.54 Å². The number of hydrogen-bond acceptors (Lipinski definition) is 4. The fourth-order valence-electron chi connectivity index (χ4n) is 1.55. The largest absolute Gasteiger partial charge is 0.496 e. The van der Waals surface area contributed by atoms with Crippen LogP contribution < -0.4 is 4.74 Å². The third-order valence-corrected chi connectivity index (χ3v) is 3.01. The molecule has 0 bridgehead atoms. The van der Waals surface area contributed by atoms with Crippen molar-refractivity contribution in [2.24, 2.45) is 0 Å². The van der Waals surface area contributed by atoms with E-state index in [1.807, 2.05) is 18.2 Å². The predicted molar refractivity (Wildman–Crippen MR) is 75.9 cm³/mol. The van der Waals surface area contributed by atoms with Crippen molar-refractivity contribution in [3.8, 4) is 5.75 Å². The minimum atomic E-state index is -0.513. The van der Waals surface area contributed by atoms with Gasteiger partial charge in [0.2, 0.25) is 6.33 Å². The quantitative estimate of drug-likeness (QED) is 0.629. The minimum absolute atomic E-state index is 0. The molecule has 19 heavy (non-hydrogen) atoms. The van der Waals surface area contributed by atoms with Gasteiger partial charge in [-0.05, 0) is 43.5 Å². The van der Waals surface area contributed by atoms with Crippen LogP contribution in [0.2, 0.25) is 0 Å². The molecular formula is C11H11BrClN3O3. The van der Waals surface area contributed by atoms with Crippen LogP contribution in [-0.2, 0) is 6.54 Å². The predicted octanol–water partition coefficient (Wildman–Crippen LogP) is 3.03. The second-order valence-electron chi connectivity index (χ2n) is 3.63. The Morgan fingerprint density at radius 3 is 2.79 bits per heavy atom. The molecule has 2 rings (SSSR count). The van der Waals surface area contributed by atoms with Gasteiger partial charge in [-0.25, -0.2) is 0 Å². The molecular weight excluding hydrogens is 337 g/mol. The number of imidazole rings is 1. The SMILES string of the molecule is COc1ccc(Cn2cnc([N+](=O)[O-])c2)cc1Br.Cl. The maximum Gasteiger partial charge on any atom is 0.381 e. The molecule has 1 heterocycles. The number of methoxy groups -OCH3 is 1. The first-order valence-electron chi connectivity index (χ1n) is 5.08. The van der Waals surface area contributed by atoms with Crippen molar-refractivity contribution in [3.63, 3.8) is 0 Å². The molecule has 0 unspecified atom stereocenters. The van der Waals surface area contributed by atoms with Gasteiger partial charge in [-0.2, -0.15) is 0 Å². The highest BCUT2D eigenvalue weighted by Gasteiger charge is 2.10. The molecule has 0 radical (unpaired) electrons. The number of ether oxygens (including phenoxy) is 1. The molecule has 0 aliphatic carbocycles. The van der Waals surface area contributed by atoms with Crippen molar-refractivity contribution in [2.75, 3.05) is 7.11 Å². The summed E-state index contributed by atoms with van der Waals surface area (Å²) in [7, 11) is 1.60. The van der Waals surface area contributed by atoms with Crippen LogP contribution in [0.3, 0.4) is 0 Å². The van der Waals surface area contributed by atoms with E-state index < -0.39 is 4.92 Å². The van der Waals surface area contributed by atoms with Gasteiger partial charge in [0.1, 0.15) is 11.9 Å². The third kappa shape index (κ3) is 3.68. The maximum atomic E-state index is 10.5. The molecule has 102 valence electrons. The van der Waals surface area contributed by atoms with Crippen LogP contribution in [0.5, 0.6) is 5.75 Å². The van der Waals surface area contributed by atoms with E-state index in [9.17, 15) is 10.1 Å². The van der Waals surface area contributed by atoms with E-state index in [1.54, 1.807) is 11.7 Å². The normalized spacial score (nSPS) is 9.79. The highest BCUT2D eigenvalue weighted by atomic mass is 79.9. The van der Waals surface area contributed by atoms with Crippen LogP contribution in [0.1, 0.15) is 5.56 Å². The summed E-state index contributed by atoms with van der Waals surface area (Å²) in [5, 5.41) is 10.5. The summed E-state index contributed by atoms with van der Waals surface area (Å²) in [6.45, 7) is 0.517. The van der Waals surface area contributed by atoms with Gasteiger partial charge in [-0.3, -0.25) is 0 Å². The van der Waals surface area contributed by atoms with Gasteiger partial charge >= 0.3 is 5.82 Å². The molecule has 6 nitrogen and oxygen atoms in total. The molecule has 0 amide bonds. The summed E-state index contributed by atoms with van der Waals surface area (Å²) in [4.78, 5) is 13.7. The molecule has 0 N–H and O–H groups in total. The summed E-state index contributed by atoms with van der Waals surface area (Å²) < 4.78 is 7.63. The van der Waals surface area contributed by atoms with Crippen LogP contribution in [0.15, 0.2) is 35.2 Å². The summed E-state index contributed by atoms with van der Waals surface area (Å²) >= 11 is 3.39. The number of nitrogens with zero attached hydrogens (tertiary/aromatic N) is 3. The number of aromatic nitrogens is 2. The molecule has 0 aliphatic heterocycles. The van der Waals surface area contributed by atoms with Gasteiger partial charge in [0.25, 0.3) is 0 Å². The van der Waals surface area contributed by atoms with Crippen LogP contribution in [0.25, 0.3) is 0 Å². The highest BCUT2D eigenvalue weighted by molar-refractivity contribution is 9.10. The van der Waals surface area contributed by atoms with Gasteiger partial charge < -0.3 is 19.4 Å². The molecule has 1 aromatic heterocycles. The lowest BCUT2D eigenvalue weighted by atomic mass is 10.2. The standard InChI is InChI=1S/C11H10BrN3O3.ClH/c1-18-10-3-2-8(4-9(10)12)5-14-6-11(13-7-14)15(16)17;/h2-4,6-7H,5H2,1H3;1H. The maximum absolute atomic E-state index is 10.5. The zero-order valence-corrected chi connectivity index (χ0v) is 12.3. The summed E-state index contributed by atoms with van der Waals surface area (Å²) in [5.74, 6) is 0.595. The zero-order valence-electron chi connectivity index (χ0n) is 9.95. The van der Waals surface area contributed by atoms with E-state index in [1.165, 1.54) is 12.5 Å². The van der Waals surface area contributed by atoms with Crippen molar-refractivity contribution in [3.05, 3.63) is 50.9 Å². The van der Waals surface area contributed by atoms with Crippen molar-refractivity contribution in [2.45, 2.75) is 6.54 Å². The first kappa shape index (κ1) is 15.5. The number of benzene rings is 1. The van der Waals surface area contributed by atoms with Crippen LogP contribution in [0.4, 0.5) is 5.82 Å².